The summed E-state index contributed by atoms with van der Waals surface area (Å²) in [6.07, 6.45) is -0.491. The second kappa shape index (κ2) is 12.3. The predicted octanol–water partition coefficient (Wildman–Crippen LogP) is 4.98. The standard InChI is InChI=1S/C34H40N4O7S/c1-19-20(2)30(21(3)26-17-34(4,5)45-29(19)26)46(42,43)38(32(35)36)16-10-15-28(31(39)40)37-33(41)44-18-27-24-13-8-6-11-22(24)23-12-7-9-14-25(23)27/h6-9,11-14,27-28H,10,15-18H2,1-5H3,(H3,35,36)(H,37,41)(H,39,40)/t28-/m1/s1. The monoisotopic (exact) mass is 648 g/mol. The van der Waals surface area contributed by atoms with Crippen LogP contribution in [0.1, 0.15) is 66.0 Å². The molecule has 5 N–H and O–H groups in total. The van der Waals surface area contributed by atoms with Gasteiger partial charge in [-0.3, -0.25) is 5.41 Å². The normalized spacial score (nSPS) is 15.2. The number of nitrogens with one attached hydrogen (secondary N) is 2. The first-order valence-corrected chi connectivity index (χ1v) is 16.6. The van der Waals surface area contributed by atoms with Gasteiger partial charge in [0.05, 0.1) is 4.90 Å². The van der Waals surface area contributed by atoms with Gasteiger partial charge in [-0.25, -0.2) is 22.3 Å². The fourth-order valence-corrected chi connectivity index (χ4v) is 8.49. The third-order valence-corrected chi connectivity index (χ3v) is 11.0. The lowest BCUT2D eigenvalue weighted by molar-refractivity contribution is -0.139. The van der Waals surface area contributed by atoms with Crippen LogP contribution in [-0.2, 0) is 26.0 Å². The Hall–Kier alpha value is -4.58. The zero-order valence-electron chi connectivity index (χ0n) is 26.6. The number of rotatable bonds is 10. The van der Waals surface area contributed by atoms with Crippen LogP contribution in [0, 0.1) is 26.2 Å². The maximum Gasteiger partial charge on any atom is 0.407 e. The Labute approximate surface area is 269 Å². The van der Waals surface area contributed by atoms with Gasteiger partial charge in [0.2, 0.25) is 5.96 Å². The number of nitrogens with zero attached hydrogens (tertiary/aromatic N) is 1. The van der Waals surface area contributed by atoms with Gasteiger partial charge in [0.15, 0.2) is 0 Å². The van der Waals surface area contributed by atoms with Crippen molar-refractivity contribution >= 4 is 28.0 Å². The number of carboxylic acids is 1. The van der Waals surface area contributed by atoms with Crippen LogP contribution in [0.5, 0.6) is 5.75 Å². The van der Waals surface area contributed by atoms with Crippen molar-refractivity contribution in [3.8, 4) is 16.9 Å². The van der Waals surface area contributed by atoms with Crippen LogP contribution >= 0.6 is 0 Å². The molecule has 1 atom stereocenters. The van der Waals surface area contributed by atoms with Gasteiger partial charge in [0.1, 0.15) is 24.0 Å². The molecule has 12 heteroatoms. The van der Waals surface area contributed by atoms with Gasteiger partial charge in [0.25, 0.3) is 10.0 Å². The van der Waals surface area contributed by atoms with Gasteiger partial charge >= 0.3 is 12.1 Å². The zero-order chi connectivity index (χ0) is 33.6. The Morgan fingerprint density at radius 2 is 1.65 bits per heavy atom. The van der Waals surface area contributed by atoms with E-state index in [4.69, 9.17) is 20.6 Å². The average Bonchev–Trinajstić information content (AvgIpc) is 3.50. The summed E-state index contributed by atoms with van der Waals surface area (Å²) < 4.78 is 40.3. The summed E-state index contributed by atoms with van der Waals surface area (Å²) in [5.74, 6) is -1.50. The lowest BCUT2D eigenvalue weighted by atomic mass is 9.94. The number of hydrogen-bond acceptors (Lipinski definition) is 7. The van der Waals surface area contributed by atoms with Crippen LogP contribution in [0.25, 0.3) is 11.1 Å². The number of amides is 1. The maximum atomic E-state index is 14.0. The summed E-state index contributed by atoms with van der Waals surface area (Å²) in [6.45, 7) is 8.85. The number of benzene rings is 3. The van der Waals surface area contributed by atoms with Gasteiger partial charge in [-0.05, 0) is 86.4 Å². The molecule has 0 unspecified atom stereocenters. The Morgan fingerprint density at radius 1 is 1.07 bits per heavy atom. The Bertz CT molecular complexity index is 1790. The van der Waals surface area contributed by atoms with E-state index in [-0.39, 0.29) is 36.8 Å². The van der Waals surface area contributed by atoms with Crippen molar-refractivity contribution in [1.29, 1.82) is 5.41 Å². The van der Waals surface area contributed by atoms with Gasteiger partial charge in [-0.15, -0.1) is 0 Å². The molecule has 0 aromatic heterocycles. The van der Waals surface area contributed by atoms with E-state index in [9.17, 15) is 23.1 Å². The lowest BCUT2D eigenvalue weighted by Crippen LogP contribution is -2.44. The number of nitrogens with two attached hydrogens (primary N) is 1. The molecule has 3 aromatic carbocycles. The summed E-state index contributed by atoms with van der Waals surface area (Å²) in [7, 11) is -4.28. The molecule has 1 heterocycles. The van der Waals surface area contributed by atoms with Crippen molar-refractivity contribution < 1.29 is 32.6 Å². The first-order valence-electron chi connectivity index (χ1n) is 15.2. The number of carboxylic acid groups (broad SMARTS) is 1. The van der Waals surface area contributed by atoms with Crippen LogP contribution in [-0.4, -0.2) is 60.6 Å². The minimum atomic E-state index is -4.28. The van der Waals surface area contributed by atoms with E-state index in [0.717, 1.165) is 32.1 Å². The fourth-order valence-electron chi connectivity index (χ4n) is 6.59. The van der Waals surface area contributed by atoms with Crippen molar-refractivity contribution in [2.75, 3.05) is 13.2 Å². The summed E-state index contributed by atoms with van der Waals surface area (Å²) in [5, 5.41) is 20.3. The third kappa shape index (κ3) is 6.01. The fraction of sp³-hybridized carbons (Fsp3) is 0.382. The molecule has 3 aromatic rings. The maximum absolute atomic E-state index is 14.0. The smallest absolute Gasteiger partial charge is 0.407 e. The molecule has 0 spiro atoms. The largest absolute Gasteiger partial charge is 0.487 e. The van der Waals surface area contributed by atoms with Gasteiger partial charge in [-0.1, -0.05) is 48.5 Å². The second-order valence-corrected chi connectivity index (χ2v) is 14.3. The predicted molar refractivity (Wildman–Crippen MR) is 174 cm³/mol. The molecule has 244 valence electrons. The molecule has 11 nitrogen and oxygen atoms in total. The number of aliphatic carboxylic acids is 1. The Morgan fingerprint density at radius 3 is 2.22 bits per heavy atom. The molecule has 1 aliphatic heterocycles. The summed E-state index contributed by atoms with van der Waals surface area (Å²) >= 11 is 0. The van der Waals surface area contributed by atoms with Crippen LogP contribution in [0.4, 0.5) is 4.79 Å². The molecule has 0 saturated heterocycles. The molecule has 1 amide bonds. The highest BCUT2D eigenvalue weighted by molar-refractivity contribution is 7.89. The van der Waals surface area contributed by atoms with E-state index in [1.54, 1.807) is 20.8 Å². The number of carbonyl (C=O) groups excluding carboxylic acids is 1. The van der Waals surface area contributed by atoms with E-state index in [1.165, 1.54) is 0 Å². The second-order valence-electron chi connectivity index (χ2n) is 12.5. The van der Waals surface area contributed by atoms with E-state index >= 15 is 0 Å². The van der Waals surface area contributed by atoms with Gasteiger partial charge < -0.3 is 25.6 Å². The van der Waals surface area contributed by atoms with Crippen molar-refractivity contribution in [1.82, 2.24) is 9.62 Å². The molecular formula is C34H40N4O7S. The van der Waals surface area contributed by atoms with Crippen LogP contribution < -0.4 is 15.8 Å². The van der Waals surface area contributed by atoms with E-state index < -0.39 is 39.7 Å². The highest BCUT2D eigenvalue weighted by Crippen LogP contribution is 2.45. The zero-order valence-corrected chi connectivity index (χ0v) is 27.5. The molecule has 0 saturated carbocycles. The van der Waals surface area contributed by atoms with Gasteiger partial charge in [0, 0.05) is 24.4 Å². The van der Waals surface area contributed by atoms with Gasteiger partial charge in [-0.2, -0.15) is 0 Å². The molecule has 2 aliphatic rings. The van der Waals surface area contributed by atoms with Crippen molar-refractivity contribution in [3.63, 3.8) is 0 Å². The number of guanidine groups is 1. The molecule has 0 fully saturated rings. The van der Waals surface area contributed by atoms with E-state index in [0.29, 0.717) is 28.9 Å². The van der Waals surface area contributed by atoms with Crippen LogP contribution in [0.3, 0.4) is 0 Å². The Balaban J connectivity index is 1.25. The molecule has 0 radical (unpaired) electrons. The third-order valence-electron chi connectivity index (χ3n) is 8.90. The van der Waals surface area contributed by atoms with E-state index in [1.807, 2.05) is 62.4 Å². The first kappa shape index (κ1) is 32.8. The quantitative estimate of drug-likeness (QED) is 0.176. The summed E-state index contributed by atoms with van der Waals surface area (Å²) in [5.41, 5.74) is 12.0. The number of hydrogen-bond donors (Lipinski definition) is 4. The molecule has 1 aliphatic carbocycles. The van der Waals surface area contributed by atoms with Crippen molar-refractivity contribution in [2.45, 2.75) is 76.3 Å². The first-order chi connectivity index (χ1) is 21.6. The topological polar surface area (TPSA) is 172 Å². The Kier molecular flexibility index (Phi) is 8.78. The molecule has 5 rings (SSSR count). The molecule has 0 bridgehead atoms. The SMILES string of the molecule is Cc1c(C)c(S(=O)(=O)N(CCC[C@@H](NC(=O)OCC2c3ccccc3-c3ccccc32)C(=O)O)C(=N)N)c(C)c2c1OC(C)(C)C2. The minimum absolute atomic E-state index is 0.00239. The van der Waals surface area contributed by atoms with Crippen LogP contribution in [0.2, 0.25) is 0 Å². The number of carbonyl (C=O) groups is 2. The number of fused-ring (bicyclic) bond motifs is 4. The van der Waals surface area contributed by atoms with Crippen molar-refractivity contribution in [3.05, 3.63) is 81.9 Å². The number of ether oxygens (including phenoxy) is 2. The highest BCUT2D eigenvalue weighted by Gasteiger charge is 2.38. The minimum Gasteiger partial charge on any atom is -0.487 e. The summed E-state index contributed by atoms with van der Waals surface area (Å²) in [6, 6.07) is 14.4. The summed E-state index contributed by atoms with van der Waals surface area (Å²) in [4.78, 5) is 24.9. The van der Waals surface area contributed by atoms with Crippen LogP contribution in [0.15, 0.2) is 53.4 Å². The highest BCUT2D eigenvalue weighted by atomic mass is 32.2. The molecular weight excluding hydrogens is 608 g/mol. The lowest BCUT2D eigenvalue weighted by Gasteiger charge is -2.26. The number of sulfonamides is 1. The van der Waals surface area contributed by atoms with E-state index in [2.05, 4.69) is 5.32 Å². The molecule has 46 heavy (non-hydrogen) atoms. The number of alkyl carbamates (subject to hydrolysis) is 1. The van der Waals surface area contributed by atoms with Crippen molar-refractivity contribution in [2.24, 2.45) is 5.73 Å². The average molecular weight is 649 g/mol.